The van der Waals surface area contributed by atoms with E-state index in [9.17, 15) is 0 Å². The van der Waals surface area contributed by atoms with Gasteiger partial charge >= 0.3 is 0 Å². The summed E-state index contributed by atoms with van der Waals surface area (Å²) in [5, 5.41) is 12.1. The summed E-state index contributed by atoms with van der Waals surface area (Å²) < 4.78 is 3.83. The van der Waals surface area contributed by atoms with Crippen LogP contribution in [0.15, 0.2) is 55.1 Å². The number of aromatic nitrogens is 4. The molecule has 2 heterocycles. The van der Waals surface area contributed by atoms with Crippen LogP contribution in [0.5, 0.6) is 0 Å². The Morgan fingerprint density at radius 2 is 1.67 bits per heavy atom. The molecule has 0 bridgehead atoms. The first-order chi connectivity index (χ1) is 10.3. The van der Waals surface area contributed by atoms with Crippen molar-refractivity contribution in [2.75, 3.05) is 0 Å². The predicted molar refractivity (Wildman–Crippen MR) is 82.0 cm³/mol. The minimum atomic E-state index is 0.796. The number of rotatable bonds is 6. The number of hydrogen-bond acceptors (Lipinski definition) is 3. The zero-order valence-corrected chi connectivity index (χ0v) is 12.1. The van der Waals surface area contributed by atoms with Crippen LogP contribution in [0.2, 0.25) is 0 Å². The lowest BCUT2D eigenvalue weighted by molar-refractivity contribution is 0.655. The van der Waals surface area contributed by atoms with E-state index < -0.39 is 0 Å². The summed E-state index contributed by atoms with van der Waals surface area (Å²) >= 11 is 0. The van der Waals surface area contributed by atoms with Crippen molar-refractivity contribution in [1.29, 1.82) is 0 Å². The fourth-order valence-electron chi connectivity index (χ4n) is 2.20. The minimum absolute atomic E-state index is 0.796. The van der Waals surface area contributed by atoms with Gasteiger partial charge in [0.15, 0.2) is 0 Å². The monoisotopic (exact) mass is 281 g/mol. The molecule has 3 aromatic rings. The highest BCUT2D eigenvalue weighted by Gasteiger charge is 2.01. The molecular formula is C16H19N5. The Hall–Kier alpha value is -2.40. The van der Waals surface area contributed by atoms with Gasteiger partial charge in [-0.05, 0) is 19.1 Å². The second-order valence-electron chi connectivity index (χ2n) is 4.94. The number of para-hydroxylation sites is 1. The molecule has 0 amide bonds. The van der Waals surface area contributed by atoms with Gasteiger partial charge in [-0.25, -0.2) is 4.68 Å². The summed E-state index contributed by atoms with van der Waals surface area (Å²) in [6, 6.07) is 10.1. The van der Waals surface area contributed by atoms with Crippen molar-refractivity contribution in [3.8, 4) is 5.69 Å². The molecule has 108 valence electrons. The summed E-state index contributed by atoms with van der Waals surface area (Å²) in [4.78, 5) is 0. The Morgan fingerprint density at radius 3 is 2.38 bits per heavy atom. The maximum absolute atomic E-state index is 4.39. The second-order valence-corrected chi connectivity index (χ2v) is 4.94. The standard InChI is InChI=1S/C16H19N5/c1-2-20-12-14(10-18-20)8-17-9-15-11-19-21(13-15)16-6-4-3-5-7-16/h3-7,10-13,17H,2,8-9H2,1H3. The third-order valence-corrected chi connectivity index (χ3v) is 3.33. The Labute approximate surface area is 124 Å². The van der Waals surface area contributed by atoms with E-state index in [-0.39, 0.29) is 0 Å². The van der Waals surface area contributed by atoms with E-state index in [1.165, 1.54) is 11.1 Å². The van der Waals surface area contributed by atoms with Crippen molar-refractivity contribution < 1.29 is 0 Å². The maximum Gasteiger partial charge on any atom is 0.0645 e. The van der Waals surface area contributed by atoms with Crippen LogP contribution in [0, 0.1) is 0 Å². The topological polar surface area (TPSA) is 47.7 Å². The molecule has 1 aromatic carbocycles. The van der Waals surface area contributed by atoms with Crippen molar-refractivity contribution in [2.45, 2.75) is 26.6 Å². The fraction of sp³-hybridized carbons (Fsp3) is 0.250. The van der Waals surface area contributed by atoms with E-state index in [4.69, 9.17) is 0 Å². The number of aryl methyl sites for hydroxylation is 1. The van der Waals surface area contributed by atoms with Crippen LogP contribution in [-0.4, -0.2) is 19.6 Å². The zero-order valence-electron chi connectivity index (χ0n) is 12.1. The highest BCUT2D eigenvalue weighted by Crippen LogP contribution is 2.07. The highest BCUT2D eigenvalue weighted by molar-refractivity contribution is 5.30. The van der Waals surface area contributed by atoms with Gasteiger partial charge in [-0.1, -0.05) is 18.2 Å². The SMILES string of the molecule is CCn1cc(CNCc2cnn(-c3ccccc3)c2)cn1. The Kier molecular flexibility index (Phi) is 4.12. The van der Waals surface area contributed by atoms with Gasteiger partial charge in [0.05, 0.1) is 18.1 Å². The third kappa shape index (κ3) is 3.38. The van der Waals surface area contributed by atoms with Gasteiger partial charge < -0.3 is 5.32 Å². The number of nitrogens with zero attached hydrogens (tertiary/aromatic N) is 4. The molecule has 1 N–H and O–H groups in total. The summed E-state index contributed by atoms with van der Waals surface area (Å²) in [6.07, 6.45) is 7.93. The molecule has 5 heteroatoms. The molecule has 0 aliphatic carbocycles. The van der Waals surface area contributed by atoms with E-state index in [1.807, 2.05) is 52.1 Å². The van der Waals surface area contributed by atoms with Crippen LogP contribution < -0.4 is 5.32 Å². The molecule has 0 fully saturated rings. The van der Waals surface area contributed by atoms with Gasteiger partial charge in [-0.2, -0.15) is 10.2 Å². The summed E-state index contributed by atoms with van der Waals surface area (Å²) in [6.45, 7) is 4.60. The lowest BCUT2D eigenvalue weighted by Gasteiger charge is -2.01. The molecule has 0 unspecified atom stereocenters. The lowest BCUT2D eigenvalue weighted by atomic mass is 10.3. The van der Waals surface area contributed by atoms with E-state index in [0.29, 0.717) is 0 Å². The quantitative estimate of drug-likeness (QED) is 0.754. The molecule has 0 radical (unpaired) electrons. The van der Waals surface area contributed by atoms with Gasteiger partial charge in [0.1, 0.15) is 0 Å². The fourth-order valence-corrected chi connectivity index (χ4v) is 2.20. The summed E-state index contributed by atoms with van der Waals surface area (Å²) in [7, 11) is 0. The van der Waals surface area contributed by atoms with Gasteiger partial charge in [0.2, 0.25) is 0 Å². The van der Waals surface area contributed by atoms with Crippen LogP contribution >= 0.6 is 0 Å². The minimum Gasteiger partial charge on any atom is -0.308 e. The van der Waals surface area contributed by atoms with Crippen LogP contribution in [0.25, 0.3) is 5.69 Å². The second kappa shape index (κ2) is 6.37. The van der Waals surface area contributed by atoms with Gasteiger partial charge in [-0.3, -0.25) is 4.68 Å². The molecule has 0 aliphatic rings. The Balaban J connectivity index is 1.55. The van der Waals surface area contributed by atoms with Crippen molar-refractivity contribution in [3.63, 3.8) is 0 Å². The van der Waals surface area contributed by atoms with Crippen molar-refractivity contribution >= 4 is 0 Å². The molecule has 0 spiro atoms. The van der Waals surface area contributed by atoms with Crippen LogP contribution in [0.3, 0.4) is 0 Å². The number of nitrogens with one attached hydrogen (secondary N) is 1. The van der Waals surface area contributed by atoms with Crippen molar-refractivity contribution in [2.24, 2.45) is 0 Å². The number of benzene rings is 1. The Morgan fingerprint density at radius 1 is 0.952 bits per heavy atom. The smallest absolute Gasteiger partial charge is 0.0645 e. The molecule has 2 aromatic heterocycles. The molecule has 5 nitrogen and oxygen atoms in total. The molecule has 21 heavy (non-hydrogen) atoms. The van der Waals surface area contributed by atoms with Crippen molar-refractivity contribution in [3.05, 3.63) is 66.2 Å². The van der Waals surface area contributed by atoms with Gasteiger partial charge in [-0.15, -0.1) is 0 Å². The first-order valence-corrected chi connectivity index (χ1v) is 7.16. The van der Waals surface area contributed by atoms with E-state index >= 15 is 0 Å². The largest absolute Gasteiger partial charge is 0.308 e. The normalized spacial score (nSPS) is 10.9. The van der Waals surface area contributed by atoms with Crippen LogP contribution in [-0.2, 0) is 19.6 Å². The Bertz CT molecular complexity index is 684. The van der Waals surface area contributed by atoms with E-state index in [1.54, 1.807) is 0 Å². The average Bonchev–Trinajstić information content (AvgIpc) is 3.17. The van der Waals surface area contributed by atoms with Crippen LogP contribution in [0.1, 0.15) is 18.1 Å². The molecule has 3 rings (SSSR count). The molecule has 0 saturated carbocycles. The summed E-state index contributed by atoms with van der Waals surface area (Å²) in [5.74, 6) is 0. The summed E-state index contributed by atoms with van der Waals surface area (Å²) in [5.41, 5.74) is 3.45. The highest BCUT2D eigenvalue weighted by atomic mass is 15.3. The number of hydrogen-bond donors (Lipinski definition) is 1. The first-order valence-electron chi connectivity index (χ1n) is 7.16. The van der Waals surface area contributed by atoms with E-state index in [2.05, 4.69) is 34.8 Å². The van der Waals surface area contributed by atoms with Crippen LogP contribution in [0.4, 0.5) is 0 Å². The molecule has 0 atom stereocenters. The molecular weight excluding hydrogens is 262 g/mol. The molecule has 0 aliphatic heterocycles. The van der Waals surface area contributed by atoms with Gasteiger partial charge in [0.25, 0.3) is 0 Å². The average molecular weight is 281 g/mol. The van der Waals surface area contributed by atoms with E-state index in [0.717, 1.165) is 25.3 Å². The predicted octanol–water partition coefficient (Wildman–Crippen LogP) is 2.38. The zero-order chi connectivity index (χ0) is 14.5. The van der Waals surface area contributed by atoms with Gasteiger partial charge in [0, 0.05) is 43.2 Å². The lowest BCUT2D eigenvalue weighted by Crippen LogP contribution is -2.11. The maximum atomic E-state index is 4.39. The molecule has 0 saturated heterocycles. The van der Waals surface area contributed by atoms with Crippen molar-refractivity contribution in [1.82, 2.24) is 24.9 Å². The third-order valence-electron chi connectivity index (χ3n) is 3.33. The first kappa shape index (κ1) is 13.6.